The van der Waals surface area contributed by atoms with Gasteiger partial charge in [0.15, 0.2) is 5.79 Å². The molecule has 5 nitrogen and oxygen atoms in total. The van der Waals surface area contributed by atoms with E-state index in [1.807, 2.05) is 0 Å². The van der Waals surface area contributed by atoms with Gasteiger partial charge >= 0.3 is 0 Å². The van der Waals surface area contributed by atoms with Crippen LogP contribution in [0.3, 0.4) is 0 Å². The van der Waals surface area contributed by atoms with E-state index in [-0.39, 0.29) is 17.1 Å². The number of likely N-dealkylation sites (N-methyl/N-ethyl adjacent to an activating group) is 1. The Bertz CT molecular complexity index is 832. The molecule has 0 bridgehead atoms. The van der Waals surface area contributed by atoms with Gasteiger partial charge < -0.3 is 9.47 Å². The minimum absolute atomic E-state index is 0.0257. The molecule has 5 heteroatoms. The number of carbonyl (C=O) groups excluding carboxylic acids is 1. The molecule has 5 rings (SSSR count). The van der Waals surface area contributed by atoms with E-state index >= 15 is 0 Å². The molecule has 1 aliphatic heterocycles. The van der Waals surface area contributed by atoms with Gasteiger partial charge in [0.2, 0.25) is 0 Å². The van der Waals surface area contributed by atoms with Gasteiger partial charge in [-0.3, -0.25) is 9.63 Å². The van der Waals surface area contributed by atoms with Crippen LogP contribution in [0.1, 0.15) is 58.8 Å². The molecule has 0 N–H and O–H groups in total. The van der Waals surface area contributed by atoms with Crippen molar-refractivity contribution in [3.63, 3.8) is 0 Å². The van der Waals surface area contributed by atoms with Crippen molar-refractivity contribution >= 4 is 5.91 Å². The van der Waals surface area contributed by atoms with Crippen molar-refractivity contribution in [1.29, 1.82) is 0 Å². The monoisotopic (exact) mass is 399 g/mol. The second-order valence-electron chi connectivity index (χ2n) is 9.74. The third-order valence-corrected chi connectivity index (χ3v) is 8.33. The van der Waals surface area contributed by atoms with Crippen molar-refractivity contribution in [2.24, 2.45) is 17.3 Å². The summed E-state index contributed by atoms with van der Waals surface area (Å²) >= 11 is 0. The van der Waals surface area contributed by atoms with Gasteiger partial charge in [0.05, 0.1) is 20.3 Å². The molecule has 1 amide bonds. The molecule has 158 valence electrons. The van der Waals surface area contributed by atoms with Crippen LogP contribution in [0.4, 0.5) is 0 Å². The maximum atomic E-state index is 13.1. The molecular weight excluding hydrogens is 366 g/mol. The van der Waals surface area contributed by atoms with E-state index in [9.17, 15) is 4.79 Å². The van der Waals surface area contributed by atoms with Gasteiger partial charge in [0.25, 0.3) is 5.91 Å². The lowest BCUT2D eigenvalue weighted by Gasteiger charge is -2.48. The van der Waals surface area contributed by atoms with Crippen LogP contribution in [0, 0.1) is 17.3 Å². The standard InChI is InChI=1S/C24H33NO4/c1-15-13-20-19-6-5-16-14-24(28-11-12-29-24)10-8-17(16)18(19)7-9-23(20,2)21(15)22(26)25(3)27-4/h7,19-20H,5-6,8-14H2,1-4H3. The van der Waals surface area contributed by atoms with E-state index in [1.54, 1.807) is 30.9 Å². The molecule has 0 saturated carbocycles. The average molecular weight is 400 g/mol. The Kier molecular flexibility index (Phi) is 4.57. The number of hydroxylamine groups is 2. The van der Waals surface area contributed by atoms with Crippen molar-refractivity contribution in [2.75, 3.05) is 27.4 Å². The summed E-state index contributed by atoms with van der Waals surface area (Å²) in [5, 5.41) is 1.38. The van der Waals surface area contributed by atoms with Crippen LogP contribution in [0.5, 0.6) is 0 Å². The number of hydrogen-bond acceptors (Lipinski definition) is 4. The van der Waals surface area contributed by atoms with Crippen molar-refractivity contribution in [2.45, 2.75) is 64.6 Å². The molecule has 1 heterocycles. The number of allylic oxidation sites excluding steroid dienone is 4. The summed E-state index contributed by atoms with van der Waals surface area (Å²) in [4.78, 5) is 18.3. The molecule has 0 aromatic rings. The summed E-state index contributed by atoms with van der Waals surface area (Å²) in [7, 11) is 3.27. The molecule has 5 aliphatic rings. The summed E-state index contributed by atoms with van der Waals surface area (Å²) in [5.41, 5.74) is 6.85. The first-order valence-electron chi connectivity index (χ1n) is 11.1. The molecular formula is C24H33NO4. The topological polar surface area (TPSA) is 48.0 Å². The number of nitrogens with zero attached hydrogens (tertiary/aromatic N) is 1. The van der Waals surface area contributed by atoms with Gasteiger partial charge in [0, 0.05) is 30.9 Å². The van der Waals surface area contributed by atoms with Gasteiger partial charge in [0.1, 0.15) is 0 Å². The van der Waals surface area contributed by atoms with Crippen molar-refractivity contribution in [3.8, 4) is 0 Å². The number of carbonyl (C=O) groups is 1. The van der Waals surface area contributed by atoms with Crippen LogP contribution in [-0.2, 0) is 19.1 Å². The largest absolute Gasteiger partial charge is 0.347 e. The van der Waals surface area contributed by atoms with Gasteiger partial charge in [-0.2, -0.15) is 0 Å². The highest BCUT2D eigenvalue weighted by Crippen LogP contribution is 2.61. The van der Waals surface area contributed by atoms with Crippen LogP contribution in [0.25, 0.3) is 0 Å². The third kappa shape index (κ3) is 2.81. The second-order valence-corrected chi connectivity index (χ2v) is 9.74. The first kappa shape index (κ1) is 19.5. The fraction of sp³-hybridized carbons (Fsp3) is 0.708. The summed E-state index contributed by atoms with van der Waals surface area (Å²) in [5.74, 6) is 0.749. The van der Waals surface area contributed by atoms with Gasteiger partial charge in [-0.05, 0) is 62.0 Å². The highest BCUT2D eigenvalue weighted by atomic mass is 16.7. The molecule has 1 spiro atoms. The van der Waals surface area contributed by atoms with Crippen LogP contribution < -0.4 is 0 Å². The lowest BCUT2D eigenvalue weighted by atomic mass is 9.57. The highest BCUT2D eigenvalue weighted by Gasteiger charge is 2.54. The minimum atomic E-state index is -0.342. The lowest BCUT2D eigenvalue weighted by molar-refractivity contribution is -0.166. The molecule has 1 saturated heterocycles. The number of hydrogen-bond donors (Lipinski definition) is 0. The van der Waals surface area contributed by atoms with E-state index in [4.69, 9.17) is 14.3 Å². The van der Waals surface area contributed by atoms with Gasteiger partial charge in [-0.15, -0.1) is 0 Å². The Labute approximate surface area is 173 Å². The Balaban J connectivity index is 1.45. The fourth-order valence-corrected chi connectivity index (χ4v) is 6.90. The first-order valence-corrected chi connectivity index (χ1v) is 11.1. The summed E-state index contributed by atoms with van der Waals surface area (Å²) in [6.07, 6.45) is 9.71. The molecule has 29 heavy (non-hydrogen) atoms. The third-order valence-electron chi connectivity index (χ3n) is 8.33. The maximum Gasteiger partial charge on any atom is 0.273 e. The Morgan fingerprint density at radius 2 is 2.03 bits per heavy atom. The normalized spacial score (nSPS) is 35.4. The van der Waals surface area contributed by atoms with Gasteiger partial charge in [-0.1, -0.05) is 24.1 Å². The van der Waals surface area contributed by atoms with Crippen LogP contribution in [-0.4, -0.2) is 44.1 Å². The first-order chi connectivity index (χ1) is 13.9. The summed E-state index contributed by atoms with van der Waals surface area (Å²) < 4.78 is 12.0. The zero-order valence-electron chi connectivity index (χ0n) is 18.2. The Hall–Kier alpha value is -1.43. The van der Waals surface area contributed by atoms with E-state index in [0.717, 1.165) is 57.3 Å². The SMILES string of the molecule is CON(C)C(=O)C1=C(C)CC2C3CCC4=C(CCC5(C4)OCCO5)C3=CCC12C. The lowest BCUT2D eigenvalue weighted by Crippen LogP contribution is -2.42. The van der Waals surface area contributed by atoms with Gasteiger partial charge in [-0.25, -0.2) is 5.06 Å². The predicted octanol–water partition coefficient (Wildman–Crippen LogP) is 4.31. The molecule has 1 fully saturated rings. The number of ether oxygens (including phenoxy) is 2. The maximum absolute atomic E-state index is 13.1. The molecule has 0 aromatic heterocycles. The minimum Gasteiger partial charge on any atom is -0.347 e. The molecule has 4 aliphatic carbocycles. The van der Waals surface area contributed by atoms with E-state index < -0.39 is 0 Å². The quantitative estimate of drug-likeness (QED) is 0.649. The number of rotatable bonds is 2. The average Bonchev–Trinajstić information content (AvgIpc) is 3.27. The zero-order valence-corrected chi connectivity index (χ0v) is 18.2. The van der Waals surface area contributed by atoms with E-state index in [2.05, 4.69) is 19.9 Å². The number of amides is 1. The molecule has 0 aromatic carbocycles. The summed E-state index contributed by atoms with van der Waals surface area (Å²) in [6.45, 7) is 5.91. The number of fused-ring (bicyclic) bond motifs is 4. The van der Waals surface area contributed by atoms with E-state index in [0.29, 0.717) is 11.8 Å². The Morgan fingerprint density at radius 1 is 1.28 bits per heavy atom. The van der Waals surface area contributed by atoms with Crippen LogP contribution >= 0.6 is 0 Å². The second kappa shape index (κ2) is 6.79. The van der Waals surface area contributed by atoms with Crippen molar-refractivity contribution in [3.05, 3.63) is 33.9 Å². The zero-order chi connectivity index (χ0) is 20.4. The van der Waals surface area contributed by atoms with E-state index in [1.165, 1.54) is 17.1 Å². The molecule has 0 radical (unpaired) electrons. The smallest absolute Gasteiger partial charge is 0.273 e. The van der Waals surface area contributed by atoms with Crippen LogP contribution in [0.2, 0.25) is 0 Å². The Morgan fingerprint density at radius 3 is 2.76 bits per heavy atom. The van der Waals surface area contributed by atoms with Crippen molar-refractivity contribution in [1.82, 2.24) is 5.06 Å². The summed E-state index contributed by atoms with van der Waals surface area (Å²) in [6, 6.07) is 0. The molecule has 3 unspecified atom stereocenters. The predicted molar refractivity (Wildman–Crippen MR) is 110 cm³/mol. The molecule has 3 atom stereocenters. The van der Waals surface area contributed by atoms with Crippen LogP contribution in [0.15, 0.2) is 33.9 Å². The highest BCUT2D eigenvalue weighted by molar-refractivity contribution is 5.95. The fourth-order valence-electron chi connectivity index (χ4n) is 6.90. The van der Waals surface area contributed by atoms with Crippen molar-refractivity contribution < 1.29 is 19.1 Å².